The third-order valence-corrected chi connectivity index (χ3v) is 3.83. The summed E-state index contributed by atoms with van der Waals surface area (Å²) in [7, 11) is 0. The van der Waals surface area contributed by atoms with Gasteiger partial charge in [-0.1, -0.05) is 35.9 Å². The second-order valence-electron chi connectivity index (χ2n) is 4.96. The van der Waals surface area contributed by atoms with E-state index in [0.717, 1.165) is 6.07 Å². The van der Waals surface area contributed by atoms with Crippen LogP contribution in [0.5, 0.6) is 11.5 Å². The lowest BCUT2D eigenvalue weighted by molar-refractivity contribution is 0.452. The van der Waals surface area contributed by atoms with Gasteiger partial charge in [0.2, 0.25) is 0 Å². The highest BCUT2D eigenvalue weighted by molar-refractivity contribution is 6.33. The average molecular weight is 333 g/mol. The molecule has 3 rings (SSSR count). The van der Waals surface area contributed by atoms with Crippen molar-refractivity contribution in [3.8, 4) is 33.8 Å². The minimum absolute atomic E-state index is 0.00995. The van der Waals surface area contributed by atoms with E-state index in [-0.39, 0.29) is 38.8 Å². The van der Waals surface area contributed by atoms with Gasteiger partial charge >= 0.3 is 0 Å². The molecule has 0 unspecified atom stereocenters. The molecule has 0 atom stereocenters. The Hall–Kier alpha value is -2.59. The van der Waals surface area contributed by atoms with Gasteiger partial charge in [-0.25, -0.2) is 8.78 Å². The van der Waals surface area contributed by atoms with E-state index in [2.05, 4.69) is 0 Å². The van der Waals surface area contributed by atoms with Crippen molar-refractivity contribution in [2.24, 2.45) is 0 Å². The van der Waals surface area contributed by atoms with Crippen LogP contribution in [0.25, 0.3) is 22.3 Å². The monoisotopic (exact) mass is 332 g/mol. The smallest absolute Gasteiger partial charge is 0.132 e. The van der Waals surface area contributed by atoms with Crippen molar-refractivity contribution >= 4 is 11.6 Å². The fourth-order valence-electron chi connectivity index (χ4n) is 2.43. The van der Waals surface area contributed by atoms with Crippen LogP contribution in [0, 0.1) is 11.6 Å². The summed E-state index contributed by atoms with van der Waals surface area (Å²) in [5, 5.41) is 20.2. The van der Waals surface area contributed by atoms with Crippen LogP contribution in [-0.4, -0.2) is 10.2 Å². The van der Waals surface area contributed by atoms with Crippen molar-refractivity contribution in [2.75, 3.05) is 0 Å². The summed E-state index contributed by atoms with van der Waals surface area (Å²) in [4.78, 5) is 0. The zero-order valence-electron chi connectivity index (χ0n) is 11.7. The summed E-state index contributed by atoms with van der Waals surface area (Å²) >= 11 is 6.02. The minimum Gasteiger partial charge on any atom is -0.507 e. The van der Waals surface area contributed by atoms with Crippen molar-refractivity contribution in [2.45, 2.75) is 0 Å². The second-order valence-corrected chi connectivity index (χ2v) is 5.37. The molecule has 5 heteroatoms. The van der Waals surface area contributed by atoms with Gasteiger partial charge in [0.15, 0.2) is 0 Å². The lowest BCUT2D eigenvalue weighted by Crippen LogP contribution is -1.90. The molecule has 0 saturated carbocycles. The molecule has 3 aromatic rings. The van der Waals surface area contributed by atoms with Gasteiger partial charge in [-0.05, 0) is 24.3 Å². The van der Waals surface area contributed by atoms with Gasteiger partial charge in [-0.3, -0.25) is 0 Å². The molecule has 2 nitrogen and oxygen atoms in total. The van der Waals surface area contributed by atoms with Crippen molar-refractivity contribution in [3.63, 3.8) is 0 Å². The van der Waals surface area contributed by atoms with Crippen LogP contribution in [0.15, 0.2) is 54.6 Å². The number of hydrogen-bond acceptors (Lipinski definition) is 2. The van der Waals surface area contributed by atoms with E-state index in [1.54, 1.807) is 6.07 Å². The Morgan fingerprint density at radius 1 is 0.696 bits per heavy atom. The van der Waals surface area contributed by atoms with E-state index >= 15 is 0 Å². The van der Waals surface area contributed by atoms with Gasteiger partial charge in [0.25, 0.3) is 0 Å². The maximum Gasteiger partial charge on any atom is 0.132 e. The van der Waals surface area contributed by atoms with Crippen LogP contribution in [0.3, 0.4) is 0 Å². The summed E-state index contributed by atoms with van der Waals surface area (Å²) in [5.74, 6) is -1.84. The van der Waals surface area contributed by atoms with Gasteiger partial charge < -0.3 is 10.2 Å². The quantitative estimate of drug-likeness (QED) is 0.663. The Labute approximate surface area is 136 Å². The normalized spacial score (nSPS) is 10.7. The number of phenols is 2. The molecular formula is C18H11ClF2O2. The third kappa shape index (κ3) is 2.73. The molecular weight excluding hydrogens is 322 g/mol. The zero-order valence-corrected chi connectivity index (χ0v) is 12.5. The van der Waals surface area contributed by atoms with Crippen LogP contribution in [-0.2, 0) is 0 Å². The molecule has 0 spiro atoms. The maximum atomic E-state index is 14.1. The first kappa shape index (κ1) is 15.3. The zero-order chi connectivity index (χ0) is 16.6. The highest BCUT2D eigenvalue weighted by Crippen LogP contribution is 2.43. The number of benzene rings is 3. The van der Waals surface area contributed by atoms with E-state index in [9.17, 15) is 19.0 Å². The number of rotatable bonds is 2. The topological polar surface area (TPSA) is 40.5 Å². The second kappa shape index (κ2) is 5.89. The first-order valence-electron chi connectivity index (χ1n) is 6.74. The van der Waals surface area contributed by atoms with Crippen LogP contribution in [0.1, 0.15) is 0 Å². The average Bonchev–Trinajstić information content (AvgIpc) is 2.50. The number of aromatic hydroxyl groups is 2. The largest absolute Gasteiger partial charge is 0.507 e. The molecule has 0 fully saturated rings. The SMILES string of the molecule is Oc1cc(O)c(-c2c(F)cccc2Cl)cc1-c1ccccc1F. The molecule has 0 radical (unpaired) electrons. The van der Waals surface area contributed by atoms with Crippen molar-refractivity contribution < 1.29 is 19.0 Å². The molecule has 3 aromatic carbocycles. The van der Waals surface area contributed by atoms with Crippen LogP contribution in [0.4, 0.5) is 8.78 Å². The fraction of sp³-hybridized carbons (Fsp3) is 0. The summed E-state index contributed by atoms with van der Waals surface area (Å²) < 4.78 is 28.1. The van der Waals surface area contributed by atoms with Crippen molar-refractivity contribution in [1.29, 1.82) is 0 Å². The van der Waals surface area contributed by atoms with Gasteiger partial charge in [0.1, 0.15) is 23.1 Å². The van der Waals surface area contributed by atoms with Crippen LogP contribution in [0.2, 0.25) is 5.02 Å². The first-order valence-corrected chi connectivity index (χ1v) is 7.12. The van der Waals surface area contributed by atoms with Crippen LogP contribution < -0.4 is 0 Å². The van der Waals surface area contributed by atoms with E-state index in [0.29, 0.717) is 0 Å². The number of hydrogen-bond donors (Lipinski definition) is 2. The summed E-state index contributed by atoms with van der Waals surface area (Å²) in [5.41, 5.74) is 0.336. The van der Waals surface area contributed by atoms with E-state index in [4.69, 9.17) is 11.6 Å². The Morgan fingerprint density at radius 2 is 1.35 bits per heavy atom. The molecule has 116 valence electrons. The van der Waals surface area contributed by atoms with Crippen molar-refractivity contribution in [1.82, 2.24) is 0 Å². The minimum atomic E-state index is -0.627. The van der Waals surface area contributed by atoms with Gasteiger partial charge in [-0.2, -0.15) is 0 Å². The molecule has 23 heavy (non-hydrogen) atoms. The van der Waals surface area contributed by atoms with E-state index in [1.807, 2.05) is 0 Å². The Balaban J connectivity index is 2.29. The molecule has 0 aliphatic carbocycles. The van der Waals surface area contributed by atoms with Crippen molar-refractivity contribution in [3.05, 3.63) is 71.3 Å². The molecule has 0 aromatic heterocycles. The first-order chi connectivity index (χ1) is 11.0. The molecule has 0 amide bonds. The van der Waals surface area contributed by atoms with E-state index in [1.165, 1.54) is 42.5 Å². The van der Waals surface area contributed by atoms with Gasteiger partial charge in [0.05, 0.1) is 5.02 Å². The van der Waals surface area contributed by atoms with Gasteiger partial charge in [0, 0.05) is 28.3 Å². The molecule has 0 bridgehead atoms. The molecule has 0 heterocycles. The summed E-state index contributed by atoms with van der Waals surface area (Å²) in [6, 6.07) is 12.3. The summed E-state index contributed by atoms with van der Waals surface area (Å²) in [6.07, 6.45) is 0. The lowest BCUT2D eigenvalue weighted by atomic mass is 9.96. The number of halogens is 3. The standard InChI is InChI=1S/C18H11ClF2O2/c19-13-5-3-7-15(21)18(13)12-8-11(16(22)9-17(12)23)10-4-1-2-6-14(10)20/h1-9,22-23H. The molecule has 0 aliphatic rings. The maximum absolute atomic E-state index is 14.1. The molecule has 0 saturated heterocycles. The molecule has 0 aliphatic heterocycles. The molecule has 2 N–H and O–H groups in total. The number of phenolic OH excluding ortho intramolecular Hbond substituents is 2. The Morgan fingerprint density at radius 3 is 2.04 bits per heavy atom. The predicted octanol–water partition coefficient (Wildman–Crippen LogP) is 5.36. The highest BCUT2D eigenvalue weighted by Gasteiger charge is 2.18. The third-order valence-electron chi connectivity index (χ3n) is 3.51. The van der Waals surface area contributed by atoms with E-state index < -0.39 is 11.6 Å². The summed E-state index contributed by atoms with van der Waals surface area (Å²) in [6.45, 7) is 0. The fourth-order valence-corrected chi connectivity index (χ4v) is 2.69. The highest BCUT2D eigenvalue weighted by atomic mass is 35.5. The van der Waals surface area contributed by atoms with Crippen LogP contribution >= 0.6 is 11.6 Å². The van der Waals surface area contributed by atoms with Gasteiger partial charge in [-0.15, -0.1) is 0 Å². The Bertz CT molecular complexity index is 874. The predicted molar refractivity (Wildman–Crippen MR) is 85.6 cm³/mol. The Kier molecular flexibility index (Phi) is 3.92. The lowest BCUT2D eigenvalue weighted by Gasteiger charge is -2.13.